The molecule has 11 nitrogen and oxygen atoms in total. The van der Waals surface area contributed by atoms with Crippen LogP contribution in [0.3, 0.4) is 0 Å². The molecule has 0 saturated carbocycles. The molecule has 0 spiro atoms. The van der Waals surface area contributed by atoms with Crippen molar-refractivity contribution in [3.63, 3.8) is 0 Å². The van der Waals surface area contributed by atoms with Crippen LogP contribution in [0.5, 0.6) is 0 Å². The Balaban J connectivity index is 1.36. The molecule has 11 heteroatoms. The van der Waals surface area contributed by atoms with Crippen LogP contribution in [0.15, 0.2) is 121 Å². The number of methoxy groups -OCH3 is 1. The Kier molecular flexibility index (Phi) is 17.4. The zero-order valence-corrected chi connectivity index (χ0v) is 31.5. The molecule has 1 aliphatic heterocycles. The molecule has 7 atom stereocenters. The van der Waals surface area contributed by atoms with E-state index in [0.717, 1.165) is 22.3 Å². The predicted molar refractivity (Wildman–Crippen MR) is 203 cm³/mol. The fourth-order valence-electron chi connectivity index (χ4n) is 6.16. The molecule has 55 heavy (non-hydrogen) atoms. The molecule has 0 aliphatic carbocycles. The lowest BCUT2D eigenvalue weighted by Gasteiger charge is -2.33. The average Bonchev–Trinajstić information content (AvgIpc) is 3.55. The molecule has 1 heterocycles. The van der Waals surface area contributed by atoms with E-state index in [1.165, 1.54) is 14.0 Å². The molecule has 1 fully saturated rings. The van der Waals surface area contributed by atoms with Crippen molar-refractivity contribution >= 4 is 11.8 Å². The lowest BCUT2D eigenvalue weighted by atomic mass is 10.1. The number of ketones is 1. The molecule has 1 N–H and O–H groups in total. The van der Waals surface area contributed by atoms with E-state index in [-0.39, 0.29) is 58.3 Å². The second-order valence-corrected chi connectivity index (χ2v) is 13.3. The molecule has 1 saturated heterocycles. The number of rotatable bonds is 24. The molecular weight excluding hydrogens is 704 g/mol. The van der Waals surface area contributed by atoms with Gasteiger partial charge in [-0.2, -0.15) is 0 Å². The highest BCUT2D eigenvalue weighted by atomic mass is 16.7. The number of hydrogen-bond donors (Lipinski definition) is 1. The Morgan fingerprint density at radius 2 is 1.15 bits per heavy atom. The number of ether oxygens (including phenoxy) is 8. The number of carbonyl (C=O) groups is 2. The highest BCUT2D eigenvalue weighted by Gasteiger charge is 2.49. The number of aliphatic hydroxyl groups is 1. The third-order valence-electron chi connectivity index (χ3n) is 9.12. The van der Waals surface area contributed by atoms with Gasteiger partial charge in [-0.05, 0) is 29.2 Å². The van der Waals surface area contributed by atoms with Gasteiger partial charge < -0.3 is 47.8 Å². The predicted octanol–water partition coefficient (Wildman–Crippen LogP) is 5.99. The van der Waals surface area contributed by atoms with E-state index in [9.17, 15) is 14.7 Å². The van der Waals surface area contributed by atoms with Crippen molar-refractivity contribution < 1.29 is 52.6 Å². The minimum atomic E-state index is -1.00. The summed E-state index contributed by atoms with van der Waals surface area (Å²) in [6.45, 7) is 2.09. The van der Waals surface area contributed by atoms with E-state index in [1.54, 1.807) is 0 Å². The van der Waals surface area contributed by atoms with E-state index in [0.29, 0.717) is 6.61 Å². The van der Waals surface area contributed by atoms with Crippen molar-refractivity contribution in [3.8, 4) is 0 Å². The van der Waals surface area contributed by atoms with Gasteiger partial charge in [-0.15, -0.1) is 0 Å². The maximum atomic E-state index is 12.9. The molecule has 4 aromatic rings. The summed E-state index contributed by atoms with van der Waals surface area (Å²) in [6, 6.07) is 38.8. The summed E-state index contributed by atoms with van der Waals surface area (Å²) in [6.07, 6.45) is -5.87. The van der Waals surface area contributed by atoms with Crippen molar-refractivity contribution in [2.24, 2.45) is 0 Å². The highest BCUT2D eigenvalue weighted by Crippen LogP contribution is 2.30. The van der Waals surface area contributed by atoms with Crippen LogP contribution >= 0.6 is 0 Å². The third-order valence-corrected chi connectivity index (χ3v) is 9.12. The van der Waals surface area contributed by atoms with Crippen LogP contribution in [-0.4, -0.2) is 86.7 Å². The largest absolute Gasteiger partial charge is 0.456 e. The molecule has 294 valence electrons. The Morgan fingerprint density at radius 3 is 1.64 bits per heavy atom. The van der Waals surface area contributed by atoms with E-state index in [4.69, 9.17) is 37.9 Å². The molecular formula is C44H52O11. The summed E-state index contributed by atoms with van der Waals surface area (Å²) in [7, 11) is 1.49. The van der Waals surface area contributed by atoms with E-state index in [1.807, 2.05) is 121 Å². The fourth-order valence-corrected chi connectivity index (χ4v) is 6.16. The van der Waals surface area contributed by atoms with Crippen molar-refractivity contribution in [1.82, 2.24) is 0 Å². The average molecular weight is 757 g/mol. The first-order chi connectivity index (χ1) is 26.9. The Bertz CT molecular complexity index is 1660. The molecule has 0 bridgehead atoms. The molecule has 0 aromatic heterocycles. The summed E-state index contributed by atoms with van der Waals surface area (Å²) in [5.74, 6) is -0.675. The second-order valence-electron chi connectivity index (χ2n) is 13.3. The van der Waals surface area contributed by atoms with Crippen LogP contribution in [0.25, 0.3) is 0 Å². The highest BCUT2D eigenvalue weighted by molar-refractivity contribution is 5.81. The van der Waals surface area contributed by atoms with Gasteiger partial charge in [0, 0.05) is 13.5 Å². The quantitative estimate of drug-likeness (QED) is 0.0848. The lowest BCUT2D eigenvalue weighted by Crippen LogP contribution is -2.48. The Morgan fingerprint density at radius 1 is 0.655 bits per heavy atom. The molecule has 0 amide bonds. The van der Waals surface area contributed by atoms with Gasteiger partial charge >= 0.3 is 5.97 Å². The van der Waals surface area contributed by atoms with Crippen LogP contribution in [0.2, 0.25) is 0 Å². The van der Waals surface area contributed by atoms with Gasteiger partial charge in [0.15, 0.2) is 12.4 Å². The van der Waals surface area contributed by atoms with Gasteiger partial charge in [-0.25, -0.2) is 0 Å². The first-order valence-electron chi connectivity index (χ1n) is 18.6. The minimum Gasteiger partial charge on any atom is -0.456 e. The summed E-state index contributed by atoms with van der Waals surface area (Å²) >= 11 is 0. The monoisotopic (exact) mass is 756 g/mol. The van der Waals surface area contributed by atoms with Gasteiger partial charge in [-0.3, -0.25) is 4.79 Å². The van der Waals surface area contributed by atoms with Gasteiger partial charge in [0.2, 0.25) is 0 Å². The summed E-state index contributed by atoms with van der Waals surface area (Å²) in [4.78, 5) is 24.5. The van der Waals surface area contributed by atoms with Gasteiger partial charge in [0.25, 0.3) is 0 Å². The maximum Gasteiger partial charge on any atom is 0.306 e. The zero-order chi connectivity index (χ0) is 38.7. The van der Waals surface area contributed by atoms with Crippen molar-refractivity contribution in [1.29, 1.82) is 0 Å². The number of carbonyl (C=O) groups excluding carboxylic acids is 2. The number of hydrogen-bond acceptors (Lipinski definition) is 11. The first kappa shape index (κ1) is 41.9. The van der Waals surface area contributed by atoms with Crippen molar-refractivity contribution in [2.75, 3.05) is 26.9 Å². The van der Waals surface area contributed by atoms with E-state index >= 15 is 0 Å². The number of esters is 1. The second kappa shape index (κ2) is 22.9. The smallest absolute Gasteiger partial charge is 0.306 e. The fraction of sp³-hybridized carbons (Fsp3) is 0.409. The standard InChI is InChI=1S/C44H52O11/c1-32(46)23-24-40(47)55-42-39(30-49-26-33-15-7-3-8-16-33)54-44(43(42)48-2)53-31-38(51-28-35-19-11-5-12-20-35)41(52-29-36-21-13-6-14-22-36)37(25-45)50-27-34-17-9-4-10-18-34/h3-22,37-39,41-45H,23-31H2,1-2H3. The van der Waals surface area contributed by atoms with Crippen molar-refractivity contribution in [2.45, 2.75) is 89.1 Å². The number of aliphatic hydroxyl groups excluding tert-OH is 1. The topological polar surface area (TPSA) is 128 Å². The van der Waals surface area contributed by atoms with Crippen LogP contribution in [0, 0.1) is 0 Å². The number of Topliss-reactive ketones (excluding diaryl/α,β-unsaturated/α-hetero) is 1. The zero-order valence-electron chi connectivity index (χ0n) is 31.5. The molecule has 4 aromatic carbocycles. The van der Waals surface area contributed by atoms with Gasteiger partial charge in [0.05, 0.1) is 52.7 Å². The third kappa shape index (κ3) is 13.7. The Hall–Kier alpha value is -4.30. The molecule has 5 rings (SSSR count). The molecule has 0 radical (unpaired) electrons. The summed E-state index contributed by atoms with van der Waals surface area (Å²) in [5.41, 5.74) is 3.77. The Labute approximate surface area is 323 Å². The van der Waals surface area contributed by atoms with Gasteiger partial charge in [-0.1, -0.05) is 121 Å². The normalized spacial score (nSPS) is 19.8. The van der Waals surface area contributed by atoms with Crippen molar-refractivity contribution in [3.05, 3.63) is 144 Å². The summed E-state index contributed by atoms with van der Waals surface area (Å²) < 4.78 is 50.0. The van der Waals surface area contributed by atoms with Crippen LogP contribution in [0.4, 0.5) is 0 Å². The van der Waals surface area contributed by atoms with Crippen LogP contribution in [-0.2, 0) is 73.9 Å². The lowest BCUT2D eigenvalue weighted by molar-refractivity contribution is -0.219. The minimum absolute atomic E-state index is 0.0579. The molecule has 7 unspecified atom stereocenters. The number of benzene rings is 4. The molecule has 1 aliphatic rings. The maximum absolute atomic E-state index is 12.9. The van der Waals surface area contributed by atoms with E-state index < -0.39 is 48.9 Å². The van der Waals surface area contributed by atoms with Gasteiger partial charge in [0.1, 0.15) is 36.3 Å². The first-order valence-corrected chi connectivity index (χ1v) is 18.6. The summed E-state index contributed by atoms with van der Waals surface area (Å²) in [5, 5.41) is 10.7. The van der Waals surface area contributed by atoms with Crippen LogP contribution in [0.1, 0.15) is 42.0 Å². The SMILES string of the molecule is COC1C(OCC(OCc2ccccc2)C(OCc2ccccc2)C(CO)OCc2ccccc2)OC(COCc2ccccc2)C1OC(=O)CCC(C)=O. The van der Waals surface area contributed by atoms with Crippen LogP contribution < -0.4 is 0 Å². The van der Waals surface area contributed by atoms with E-state index in [2.05, 4.69) is 0 Å².